The number of carbonyl (C=O) groups excluding carboxylic acids is 1. The molecule has 2 aromatic carbocycles. The zero-order valence-electron chi connectivity index (χ0n) is 20.1. The molecule has 0 aliphatic carbocycles. The Morgan fingerprint density at radius 3 is 1.83 bits per heavy atom. The van der Waals surface area contributed by atoms with Gasteiger partial charge in [-0.15, -0.1) is 0 Å². The summed E-state index contributed by atoms with van der Waals surface area (Å²) < 4.78 is 21.7. The van der Waals surface area contributed by atoms with Crippen molar-refractivity contribution in [3.63, 3.8) is 0 Å². The van der Waals surface area contributed by atoms with Crippen molar-refractivity contribution in [1.29, 1.82) is 0 Å². The molecule has 0 aromatic heterocycles. The van der Waals surface area contributed by atoms with E-state index in [9.17, 15) is 4.79 Å². The number of carboxylic acids is 2. The quantitative estimate of drug-likeness (QED) is 0.554. The Morgan fingerprint density at radius 2 is 1.31 bits per heavy atom. The highest BCUT2D eigenvalue weighted by atomic mass is 16.5. The molecule has 35 heavy (non-hydrogen) atoms. The van der Waals surface area contributed by atoms with Crippen molar-refractivity contribution < 1.29 is 43.5 Å². The molecule has 0 bridgehead atoms. The Balaban J connectivity index is 0.000000641. The van der Waals surface area contributed by atoms with E-state index in [0.717, 1.165) is 18.7 Å². The molecule has 1 amide bonds. The predicted octanol–water partition coefficient (Wildman–Crippen LogP) is 1.83. The lowest BCUT2D eigenvalue weighted by molar-refractivity contribution is -0.159. The highest BCUT2D eigenvalue weighted by Crippen LogP contribution is 2.40. The summed E-state index contributed by atoms with van der Waals surface area (Å²) in [5, 5.41) is 14.8. The lowest BCUT2D eigenvalue weighted by atomic mass is 10.1. The van der Waals surface area contributed by atoms with E-state index in [2.05, 4.69) is 4.90 Å². The Hall–Kier alpha value is -3.99. The third-order valence-corrected chi connectivity index (χ3v) is 5.36. The van der Waals surface area contributed by atoms with E-state index in [0.29, 0.717) is 48.2 Å². The molecule has 1 aliphatic rings. The van der Waals surface area contributed by atoms with Crippen LogP contribution in [0.25, 0.3) is 0 Å². The van der Waals surface area contributed by atoms with Crippen molar-refractivity contribution in [1.82, 2.24) is 9.80 Å². The van der Waals surface area contributed by atoms with Gasteiger partial charge in [0.05, 0.1) is 34.0 Å². The number of amides is 1. The van der Waals surface area contributed by atoms with Crippen LogP contribution in [0.3, 0.4) is 0 Å². The molecule has 3 rings (SSSR count). The molecule has 2 aromatic rings. The molecule has 0 radical (unpaired) electrons. The molecule has 11 heteroatoms. The van der Waals surface area contributed by atoms with Crippen molar-refractivity contribution in [3.8, 4) is 23.0 Å². The second-order valence-electron chi connectivity index (χ2n) is 7.37. The van der Waals surface area contributed by atoms with Crippen LogP contribution in [0.1, 0.15) is 15.9 Å². The van der Waals surface area contributed by atoms with E-state index >= 15 is 0 Å². The summed E-state index contributed by atoms with van der Waals surface area (Å²) in [5.41, 5.74) is 1.62. The number of hydrogen-bond donors (Lipinski definition) is 2. The Bertz CT molecular complexity index is 1020. The minimum atomic E-state index is -1.82. The SMILES string of the molecule is COc1ccccc1C(=O)N1CCN(Cc2ccc(OC)c(OC)c2OC)CC1.O=C(O)C(=O)O. The summed E-state index contributed by atoms with van der Waals surface area (Å²) in [5.74, 6) is -1.12. The Labute approximate surface area is 203 Å². The van der Waals surface area contributed by atoms with Gasteiger partial charge in [0, 0.05) is 38.3 Å². The van der Waals surface area contributed by atoms with Crippen LogP contribution in [0, 0.1) is 0 Å². The summed E-state index contributed by atoms with van der Waals surface area (Å²) in [7, 11) is 6.42. The minimum Gasteiger partial charge on any atom is -0.496 e. The van der Waals surface area contributed by atoms with Gasteiger partial charge < -0.3 is 34.1 Å². The smallest absolute Gasteiger partial charge is 0.414 e. The summed E-state index contributed by atoms with van der Waals surface area (Å²) in [6.07, 6.45) is 0. The van der Waals surface area contributed by atoms with Gasteiger partial charge in [0.1, 0.15) is 5.75 Å². The molecule has 0 saturated carbocycles. The lowest BCUT2D eigenvalue weighted by Crippen LogP contribution is -2.48. The molecule has 0 atom stereocenters. The average Bonchev–Trinajstić information content (AvgIpc) is 2.88. The molecule has 190 valence electrons. The van der Waals surface area contributed by atoms with Gasteiger partial charge in [-0.25, -0.2) is 9.59 Å². The third kappa shape index (κ3) is 7.00. The van der Waals surface area contributed by atoms with Gasteiger partial charge in [-0.3, -0.25) is 9.69 Å². The van der Waals surface area contributed by atoms with Gasteiger partial charge in [0.2, 0.25) is 5.75 Å². The Kier molecular flexibility index (Phi) is 10.2. The first kappa shape index (κ1) is 27.3. The van der Waals surface area contributed by atoms with Crippen molar-refractivity contribution in [2.45, 2.75) is 6.54 Å². The highest BCUT2D eigenvalue weighted by Gasteiger charge is 2.25. The number of hydrogen-bond acceptors (Lipinski definition) is 8. The second kappa shape index (κ2) is 13.0. The number of carboxylic acid groups (broad SMARTS) is 2. The summed E-state index contributed by atoms with van der Waals surface area (Å²) >= 11 is 0. The van der Waals surface area contributed by atoms with Gasteiger partial charge >= 0.3 is 11.9 Å². The number of aliphatic carboxylic acids is 2. The fraction of sp³-hybridized carbons (Fsp3) is 0.375. The van der Waals surface area contributed by atoms with Crippen LogP contribution in [0.4, 0.5) is 0 Å². The number of benzene rings is 2. The lowest BCUT2D eigenvalue weighted by Gasteiger charge is -2.35. The maximum atomic E-state index is 12.9. The van der Waals surface area contributed by atoms with Gasteiger partial charge in [-0.1, -0.05) is 18.2 Å². The van der Waals surface area contributed by atoms with Crippen LogP contribution in [-0.2, 0) is 16.1 Å². The summed E-state index contributed by atoms with van der Waals surface area (Å²) in [6, 6.07) is 11.2. The van der Waals surface area contributed by atoms with Crippen LogP contribution in [0.15, 0.2) is 36.4 Å². The molecular weight excluding hydrogens is 460 g/mol. The normalized spacial score (nSPS) is 13.2. The van der Waals surface area contributed by atoms with Gasteiger partial charge in [0.15, 0.2) is 11.5 Å². The maximum Gasteiger partial charge on any atom is 0.414 e. The van der Waals surface area contributed by atoms with Crippen molar-refractivity contribution in [3.05, 3.63) is 47.5 Å². The van der Waals surface area contributed by atoms with E-state index in [1.165, 1.54) is 0 Å². The standard InChI is InChI=1S/C22H28N2O5.C2H2O4/c1-26-18-8-6-5-7-17(18)22(25)24-13-11-23(12-14-24)15-16-9-10-19(27-2)21(29-4)20(16)28-3;3-1(4)2(5)6/h5-10H,11-15H2,1-4H3;(H,3,4)(H,5,6). The van der Waals surface area contributed by atoms with Crippen molar-refractivity contribution >= 4 is 17.8 Å². The molecule has 1 aliphatic heterocycles. The molecule has 1 fully saturated rings. The van der Waals surface area contributed by atoms with E-state index in [1.807, 2.05) is 41.3 Å². The first-order chi connectivity index (χ1) is 16.8. The third-order valence-electron chi connectivity index (χ3n) is 5.36. The summed E-state index contributed by atoms with van der Waals surface area (Å²) in [6.45, 7) is 3.58. The van der Waals surface area contributed by atoms with Crippen LogP contribution in [0.5, 0.6) is 23.0 Å². The van der Waals surface area contributed by atoms with E-state index < -0.39 is 11.9 Å². The molecule has 0 spiro atoms. The zero-order valence-corrected chi connectivity index (χ0v) is 20.1. The van der Waals surface area contributed by atoms with Crippen LogP contribution >= 0.6 is 0 Å². The van der Waals surface area contributed by atoms with Crippen molar-refractivity contribution in [2.75, 3.05) is 54.6 Å². The number of methoxy groups -OCH3 is 4. The number of piperazine rings is 1. The monoisotopic (exact) mass is 490 g/mol. The number of para-hydroxylation sites is 1. The number of nitrogens with zero attached hydrogens (tertiary/aromatic N) is 2. The van der Waals surface area contributed by atoms with Crippen LogP contribution in [-0.4, -0.2) is 92.5 Å². The topological polar surface area (TPSA) is 135 Å². The largest absolute Gasteiger partial charge is 0.496 e. The first-order valence-electron chi connectivity index (χ1n) is 10.7. The molecule has 2 N–H and O–H groups in total. The van der Waals surface area contributed by atoms with Gasteiger partial charge in [-0.2, -0.15) is 0 Å². The molecule has 11 nitrogen and oxygen atoms in total. The number of rotatable bonds is 7. The van der Waals surface area contributed by atoms with Gasteiger partial charge in [-0.05, 0) is 18.2 Å². The van der Waals surface area contributed by atoms with E-state index in [4.69, 9.17) is 38.7 Å². The number of carbonyl (C=O) groups is 3. The molecule has 1 saturated heterocycles. The van der Waals surface area contributed by atoms with Crippen LogP contribution < -0.4 is 18.9 Å². The predicted molar refractivity (Wildman–Crippen MR) is 126 cm³/mol. The second-order valence-corrected chi connectivity index (χ2v) is 7.37. The molecule has 1 heterocycles. The minimum absolute atomic E-state index is 0.00537. The van der Waals surface area contributed by atoms with E-state index in [-0.39, 0.29) is 5.91 Å². The van der Waals surface area contributed by atoms with Gasteiger partial charge in [0.25, 0.3) is 5.91 Å². The zero-order chi connectivity index (χ0) is 26.0. The van der Waals surface area contributed by atoms with E-state index in [1.54, 1.807) is 28.4 Å². The molecular formula is C24H30N2O9. The number of ether oxygens (including phenoxy) is 4. The summed E-state index contributed by atoms with van der Waals surface area (Å²) in [4.78, 5) is 35.3. The Morgan fingerprint density at radius 1 is 0.743 bits per heavy atom. The molecule has 0 unspecified atom stereocenters. The maximum absolute atomic E-state index is 12.9. The van der Waals surface area contributed by atoms with Crippen molar-refractivity contribution in [2.24, 2.45) is 0 Å². The first-order valence-corrected chi connectivity index (χ1v) is 10.7. The fourth-order valence-electron chi connectivity index (χ4n) is 3.63. The van der Waals surface area contributed by atoms with Crippen LogP contribution in [0.2, 0.25) is 0 Å². The fourth-order valence-corrected chi connectivity index (χ4v) is 3.63. The highest BCUT2D eigenvalue weighted by molar-refractivity contribution is 6.27. The average molecular weight is 491 g/mol.